The molecule has 1 heterocycles. The maximum absolute atomic E-state index is 5.29. The van der Waals surface area contributed by atoms with Gasteiger partial charge in [0.2, 0.25) is 0 Å². The average molecular weight is 233 g/mol. The Morgan fingerprint density at radius 1 is 1.19 bits per heavy atom. The van der Waals surface area contributed by atoms with Gasteiger partial charge in [-0.1, -0.05) is 12.1 Å². The van der Waals surface area contributed by atoms with Crippen LogP contribution >= 0.6 is 11.8 Å². The molecule has 0 aliphatic heterocycles. The van der Waals surface area contributed by atoms with Gasteiger partial charge >= 0.3 is 0 Å². The average Bonchev–Trinajstić information content (AvgIpc) is 2.82. The molecule has 2 nitrogen and oxygen atoms in total. The monoisotopic (exact) mass is 233 g/mol. The van der Waals surface area contributed by atoms with Gasteiger partial charge in [-0.25, -0.2) is 0 Å². The van der Waals surface area contributed by atoms with Crippen LogP contribution in [-0.2, 0) is 12.3 Å². The number of hydrogen-bond acceptors (Lipinski definition) is 3. The van der Waals surface area contributed by atoms with E-state index in [1.165, 1.54) is 10.5 Å². The summed E-state index contributed by atoms with van der Waals surface area (Å²) < 4.78 is 5.29. The molecule has 0 bridgehead atoms. The van der Waals surface area contributed by atoms with Crippen LogP contribution in [0.1, 0.15) is 11.3 Å². The van der Waals surface area contributed by atoms with Crippen LogP contribution in [0.3, 0.4) is 0 Å². The summed E-state index contributed by atoms with van der Waals surface area (Å²) in [5.41, 5.74) is 1.31. The topological polar surface area (TPSA) is 25.2 Å². The zero-order valence-electron chi connectivity index (χ0n) is 9.27. The van der Waals surface area contributed by atoms with Crippen LogP contribution in [0.15, 0.2) is 52.0 Å². The Labute approximate surface area is 100 Å². The molecule has 2 aromatic rings. The molecule has 0 atom stereocenters. The normalized spacial score (nSPS) is 10.6. The molecule has 1 aromatic carbocycles. The highest BCUT2D eigenvalue weighted by Gasteiger charge is 1.98. The van der Waals surface area contributed by atoms with Gasteiger partial charge in [0.1, 0.15) is 5.76 Å². The highest BCUT2D eigenvalue weighted by molar-refractivity contribution is 7.98. The van der Waals surface area contributed by atoms with Crippen LogP contribution in [0.25, 0.3) is 0 Å². The number of benzene rings is 1. The van der Waals surface area contributed by atoms with E-state index in [-0.39, 0.29) is 0 Å². The van der Waals surface area contributed by atoms with E-state index in [1.54, 1.807) is 18.0 Å². The van der Waals surface area contributed by atoms with E-state index in [1.807, 2.05) is 19.2 Å². The van der Waals surface area contributed by atoms with Gasteiger partial charge in [0.25, 0.3) is 0 Å². The fourth-order valence-corrected chi connectivity index (χ4v) is 2.26. The summed E-state index contributed by atoms with van der Waals surface area (Å²) in [4.78, 5) is 1.27. The van der Waals surface area contributed by atoms with E-state index in [0.717, 1.165) is 18.1 Å². The first-order chi connectivity index (χ1) is 7.88. The molecule has 0 unspecified atom stereocenters. The first kappa shape index (κ1) is 11.3. The minimum Gasteiger partial charge on any atom is -0.468 e. The van der Waals surface area contributed by atoms with Crippen molar-refractivity contribution in [2.24, 2.45) is 0 Å². The minimum absolute atomic E-state index is 0.887. The molecule has 0 radical (unpaired) electrons. The van der Waals surface area contributed by atoms with Gasteiger partial charge in [0.15, 0.2) is 0 Å². The molecule has 0 aliphatic rings. The van der Waals surface area contributed by atoms with Gasteiger partial charge < -0.3 is 9.73 Å². The Hall–Kier alpha value is -1.19. The lowest BCUT2D eigenvalue weighted by Crippen LogP contribution is -2.04. The third-order valence-corrected chi connectivity index (χ3v) is 3.30. The summed E-state index contributed by atoms with van der Waals surface area (Å²) >= 11 is 1.79. The smallest absolute Gasteiger partial charge is 0.113 e. The maximum atomic E-state index is 5.29. The van der Waals surface area contributed by atoms with E-state index < -0.39 is 0 Å². The molecule has 1 aromatic heterocycles. The molecule has 2 rings (SSSR count). The Morgan fingerprint density at radius 3 is 2.62 bits per heavy atom. The Kier molecular flexibility index (Phi) is 4.08. The summed E-state index contributed by atoms with van der Waals surface area (Å²) in [6.45, 7) is 0.920. The fourth-order valence-electron chi connectivity index (χ4n) is 1.46. The lowest BCUT2D eigenvalue weighted by molar-refractivity contribution is 0.530. The quantitative estimate of drug-likeness (QED) is 0.802. The van der Waals surface area contributed by atoms with Crippen LogP contribution in [0.5, 0.6) is 0 Å². The van der Waals surface area contributed by atoms with Crippen molar-refractivity contribution in [2.45, 2.75) is 17.2 Å². The first-order valence-corrected chi connectivity index (χ1v) is 6.26. The molecule has 0 spiro atoms. The molecular formula is C13H15NOS. The van der Waals surface area contributed by atoms with Gasteiger partial charge in [-0.2, -0.15) is 0 Å². The number of furan rings is 1. The molecule has 0 amide bonds. The van der Waals surface area contributed by atoms with E-state index in [2.05, 4.69) is 29.6 Å². The second-order valence-corrected chi connectivity index (χ2v) is 4.59. The number of nitrogens with one attached hydrogen (secondary N) is 1. The highest BCUT2D eigenvalue weighted by Crippen LogP contribution is 2.23. The van der Waals surface area contributed by atoms with Crippen LogP contribution in [0, 0.1) is 0 Å². The second-order valence-electron chi connectivity index (χ2n) is 3.54. The SMILES string of the molecule is CNCc1ccc(SCc2ccco2)cc1. The van der Waals surface area contributed by atoms with E-state index in [0.29, 0.717) is 0 Å². The van der Waals surface area contributed by atoms with Gasteiger partial charge in [-0.05, 0) is 36.9 Å². The standard InChI is InChI=1S/C13H15NOS/c1-14-9-11-4-6-13(7-5-11)16-10-12-3-2-8-15-12/h2-8,14H,9-10H2,1H3. The summed E-state index contributed by atoms with van der Waals surface area (Å²) in [5.74, 6) is 1.91. The number of hydrogen-bond donors (Lipinski definition) is 1. The molecule has 0 saturated heterocycles. The van der Waals surface area contributed by atoms with Crippen LogP contribution < -0.4 is 5.32 Å². The third-order valence-electron chi connectivity index (χ3n) is 2.27. The van der Waals surface area contributed by atoms with Crippen LogP contribution in [-0.4, -0.2) is 7.05 Å². The van der Waals surface area contributed by atoms with Crippen molar-refractivity contribution in [1.82, 2.24) is 5.32 Å². The van der Waals surface area contributed by atoms with Gasteiger partial charge in [-0.3, -0.25) is 0 Å². The fraction of sp³-hybridized carbons (Fsp3) is 0.231. The van der Waals surface area contributed by atoms with Gasteiger partial charge in [0, 0.05) is 11.4 Å². The summed E-state index contributed by atoms with van der Waals surface area (Å²) in [7, 11) is 1.96. The molecule has 16 heavy (non-hydrogen) atoms. The molecule has 0 aliphatic carbocycles. The predicted octanol–water partition coefficient (Wildman–Crippen LogP) is 3.29. The summed E-state index contributed by atoms with van der Waals surface area (Å²) in [5, 5.41) is 3.14. The van der Waals surface area contributed by atoms with E-state index in [9.17, 15) is 0 Å². The maximum Gasteiger partial charge on any atom is 0.113 e. The molecule has 3 heteroatoms. The second kappa shape index (κ2) is 5.77. The van der Waals surface area contributed by atoms with Gasteiger partial charge in [0.05, 0.1) is 12.0 Å². The van der Waals surface area contributed by atoms with Crippen molar-refractivity contribution in [3.8, 4) is 0 Å². The minimum atomic E-state index is 0.887. The van der Waals surface area contributed by atoms with Gasteiger partial charge in [-0.15, -0.1) is 11.8 Å². The van der Waals surface area contributed by atoms with Crippen molar-refractivity contribution in [1.29, 1.82) is 0 Å². The van der Waals surface area contributed by atoms with Crippen molar-refractivity contribution in [2.75, 3.05) is 7.05 Å². The van der Waals surface area contributed by atoms with Crippen LogP contribution in [0.4, 0.5) is 0 Å². The Balaban J connectivity index is 1.90. The lowest BCUT2D eigenvalue weighted by Gasteiger charge is -2.02. The van der Waals surface area contributed by atoms with E-state index in [4.69, 9.17) is 4.42 Å². The lowest BCUT2D eigenvalue weighted by atomic mass is 10.2. The Bertz CT molecular complexity index is 408. The van der Waals surface area contributed by atoms with Crippen LogP contribution in [0.2, 0.25) is 0 Å². The summed E-state index contributed by atoms with van der Waals surface area (Å²) in [6, 6.07) is 12.5. The largest absolute Gasteiger partial charge is 0.468 e. The molecule has 0 saturated carbocycles. The first-order valence-electron chi connectivity index (χ1n) is 5.27. The van der Waals surface area contributed by atoms with Crippen molar-refractivity contribution < 1.29 is 4.42 Å². The molecule has 84 valence electrons. The van der Waals surface area contributed by atoms with Crippen molar-refractivity contribution >= 4 is 11.8 Å². The molecular weight excluding hydrogens is 218 g/mol. The molecule has 0 fully saturated rings. The predicted molar refractivity (Wildman–Crippen MR) is 67.5 cm³/mol. The van der Waals surface area contributed by atoms with E-state index >= 15 is 0 Å². The van der Waals surface area contributed by atoms with Crippen molar-refractivity contribution in [3.63, 3.8) is 0 Å². The third kappa shape index (κ3) is 3.15. The number of thioether (sulfide) groups is 1. The highest BCUT2D eigenvalue weighted by atomic mass is 32.2. The van der Waals surface area contributed by atoms with Crippen molar-refractivity contribution in [3.05, 3.63) is 54.0 Å². The summed E-state index contributed by atoms with van der Waals surface area (Å²) in [6.07, 6.45) is 1.71. The zero-order valence-corrected chi connectivity index (χ0v) is 10.1. The Morgan fingerprint density at radius 2 is 2.00 bits per heavy atom. The number of rotatable bonds is 5. The molecule has 1 N–H and O–H groups in total. The zero-order chi connectivity index (χ0) is 11.2.